The molecule has 2 aromatic heterocycles. The van der Waals surface area contributed by atoms with Gasteiger partial charge in [0.2, 0.25) is 0 Å². The molecule has 8 rings (SSSR count). The predicted octanol–water partition coefficient (Wildman–Crippen LogP) is 5.21. The Hall–Kier alpha value is -3.58. The van der Waals surface area contributed by atoms with E-state index in [9.17, 15) is 0 Å². The Kier molecular flexibility index (Phi) is 4.20. The topological polar surface area (TPSA) is 81.3 Å². The fourth-order valence-electron chi connectivity index (χ4n) is 6.12. The van der Waals surface area contributed by atoms with Gasteiger partial charge in [0, 0.05) is 29.8 Å². The number of H-pyrrole nitrogens is 1. The van der Waals surface area contributed by atoms with E-state index in [2.05, 4.69) is 33.5 Å². The normalized spacial score (nSPS) is 23.8. The Morgan fingerprint density at radius 3 is 2.89 bits per heavy atom. The summed E-state index contributed by atoms with van der Waals surface area (Å²) >= 11 is 0. The number of pyridine rings is 1. The predicted molar refractivity (Wildman–Crippen MR) is 132 cm³/mol. The van der Waals surface area contributed by atoms with E-state index in [4.69, 9.17) is 19.2 Å². The van der Waals surface area contributed by atoms with Crippen molar-refractivity contribution in [2.75, 3.05) is 18.7 Å². The smallest absolute Gasteiger partial charge is 0.135 e. The van der Waals surface area contributed by atoms with Gasteiger partial charge in [0.05, 0.1) is 17.0 Å². The first-order chi connectivity index (χ1) is 17.3. The van der Waals surface area contributed by atoms with Gasteiger partial charge in [0.1, 0.15) is 41.7 Å². The third-order valence-electron chi connectivity index (χ3n) is 7.88. The van der Waals surface area contributed by atoms with Crippen molar-refractivity contribution in [3.8, 4) is 17.2 Å². The van der Waals surface area contributed by atoms with Crippen LogP contribution in [0.15, 0.2) is 42.6 Å². The molecule has 0 bridgehead atoms. The van der Waals surface area contributed by atoms with E-state index < -0.39 is 0 Å². The monoisotopic (exact) mass is 466 g/mol. The molecule has 176 valence electrons. The Balaban J connectivity index is 1.08. The zero-order valence-corrected chi connectivity index (χ0v) is 19.3. The molecule has 2 N–H and O–H groups in total. The van der Waals surface area contributed by atoms with E-state index >= 15 is 0 Å². The van der Waals surface area contributed by atoms with Gasteiger partial charge in [-0.15, -0.1) is 0 Å². The Labute approximate surface area is 202 Å². The third kappa shape index (κ3) is 3.14. The SMILES string of the molecule is c1cc(Oc2ccc3c(c2)C2C(O3)C2c2nc3cc4c(cc3[nH]2)CCC4)c2c(n1)NCOCCC2. The standard InChI is InChI=1S/C28H26N4O3/c1-3-15-11-20-21(12-16(15)4-1)32-28(31-20)25-24-19-13-17(6-7-22(19)35-26(24)25)34-23-8-9-29-27-18(23)5-2-10-33-14-30-27/h6-9,11-13,24-26H,1-5,10,14H2,(H,29,30)(H,31,32). The molecule has 1 saturated carbocycles. The van der Waals surface area contributed by atoms with Crippen molar-refractivity contribution >= 4 is 16.9 Å². The van der Waals surface area contributed by atoms with Crippen molar-refractivity contribution < 1.29 is 14.2 Å². The number of fused-ring (bicyclic) bond motifs is 6. The van der Waals surface area contributed by atoms with Crippen molar-refractivity contribution in [3.05, 3.63) is 70.7 Å². The van der Waals surface area contributed by atoms with E-state index in [1.165, 1.54) is 36.0 Å². The second kappa shape index (κ2) is 7.46. The van der Waals surface area contributed by atoms with Gasteiger partial charge < -0.3 is 24.5 Å². The molecule has 2 aromatic carbocycles. The summed E-state index contributed by atoms with van der Waals surface area (Å²) in [6, 6.07) is 12.7. The number of benzene rings is 2. The maximum Gasteiger partial charge on any atom is 0.135 e. The number of aromatic amines is 1. The number of imidazole rings is 1. The highest BCUT2D eigenvalue weighted by molar-refractivity contribution is 5.78. The van der Waals surface area contributed by atoms with E-state index in [-0.39, 0.29) is 12.0 Å². The highest BCUT2D eigenvalue weighted by atomic mass is 16.5. The lowest BCUT2D eigenvalue weighted by Crippen LogP contribution is -2.14. The maximum atomic E-state index is 6.40. The molecule has 7 heteroatoms. The average molecular weight is 467 g/mol. The second-order valence-electron chi connectivity index (χ2n) is 10.0. The van der Waals surface area contributed by atoms with Gasteiger partial charge in [-0.25, -0.2) is 9.97 Å². The largest absolute Gasteiger partial charge is 0.489 e. The van der Waals surface area contributed by atoms with E-state index in [0.717, 1.165) is 64.9 Å². The van der Waals surface area contributed by atoms with Gasteiger partial charge >= 0.3 is 0 Å². The first-order valence-electron chi connectivity index (χ1n) is 12.6. The number of nitrogens with zero attached hydrogens (tertiary/aromatic N) is 2. The number of aryl methyl sites for hydroxylation is 2. The van der Waals surface area contributed by atoms with Crippen LogP contribution in [0.1, 0.15) is 52.8 Å². The highest BCUT2D eigenvalue weighted by Crippen LogP contribution is 2.63. The molecule has 7 nitrogen and oxygen atoms in total. The summed E-state index contributed by atoms with van der Waals surface area (Å²) in [4.78, 5) is 13.1. The number of anilines is 1. The van der Waals surface area contributed by atoms with Crippen LogP contribution in [0.3, 0.4) is 0 Å². The summed E-state index contributed by atoms with van der Waals surface area (Å²) in [6.07, 6.45) is 7.35. The molecular weight excluding hydrogens is 440 g/mol. The first-order valence-corrected chi connectivity index (χ1v) is 12.6. The zero-order valence-electron chi connectivity index (χ0n) is 19.3. The summed E-state index contributed by atoms with van der Waals surface area (Å²) in [7, 11) is 0. The molecule has 35 heavy (non-hydrogen) atoms. The fourth-order valence-corrected chi connectivity index (χ4v) is 6.12. The molecule has 0 saturated heterocycles. The van der Waals surface area contributed by atoms with Gasteiger partial charge in [0.15, 0.2) is 0 Å². The number of aromatic nitrogens is 3. The summed E-state index contributed by atoms with van der Waals surface area (Å²) in [5.41, 5.74) is 7.47. The van der Waals surface area contributed by atoms with Crippen LogP contribution in [0, 0.1) is 0 Å². The highest BCUT2D eigenvalue weighted by Gasteiger charge is 2.61. The van der Waals surface area contributed by atoms with Crippen LogP contribution in [-0.2, 0) is 24.0 Å². The van der Waals surface area contributed by atoms with Gasteiger partial charge in [-0.2, -0.15) is 0 Å². The molecule has 4 aromatic rings. The Morgan fingerprint density at radius 1 is 0.971 bits per heavy atom. The van der Waals surface area contributed by atoms with Gasteiger partial charge in [-0.3, -0.25) is 0 Å². The second-order valence-corrected chi connectivity index (χ2v) is 10.0. The number of nitrogens with one attached hydrogen (secondary N) is 2. The number of hydrogen-bond donors (Lipinski definition) is 2. The van der Waals surface area contributed by atoms with Gasteiger partial charge in [0.25, 0.3) is 0 Å². The molecular formula is C28H26N4O3. The van der Waals surface area contributed by atoms with E-state index in [1.54, 1.807) is 6.20 Å². The number of rotatable bonds is 3. The molecule has 2 aliphatic heterocycles. The first kappa shape index (κ1) is 19.7. The van der Waals surface area contributed by atoms with Crippen LogP contribution < -0.4 is 14.8 Å². The van der Waals surface area contributed by atoms with Crippen molar-refractivity contribution in [3.63, 3.8) is 0 Å². The summed E-state index contributed by atoms with van der Waals surface area (Å²) in [6.45, 7) is 1.19. The van der Waals surface area contributed by atoms with Crippen LogP contribution in [0.2, 0.25) is 0 Å². The van der Waals surface area contributed by atoms with Crippen LogP contribution in [-0.4, -0.2) is 34.4 Å². The van der Waals surface area contributed by atoms with Gasteiger partial charge in [-0.05, 0) is 79.6 Å². The number of hydrogen-bond acceptors (Lipinski definition) is 6. The molecule has 3 unspecified atom stereocenters. The van der Waals surface area contributed by atoms with Crippen molar-refractivity contribution in [2.45, 2.75) is 50.0 Å². The third-order valence-corrected chi connectivity index (χ3v) is 7.88. The van der Waals surface area contributed by atoms with Crippen LogP contribution in [0.4, 0.5) is 5.82 Å². The minimum absolute atomic E-state index is 0.151. The Morgan fingerprint density at radius 2 is 1.91 bits per heavy atom. The summed E-state index contributed by atoms with van der Waals surface area (Å²) in [5, 5.41) is 3.25. The van der Waals surface area contributed by atoms with Crippen LogP contribution in [0.25, 0.3) is 11.0 Å². The zero-order chi connectivity index (χ0) is 22.9. The Bertz CT molecular complexity index is 1440. The molecule has 4 heterocycles. The molecule has 3 atom stereocenters. The average Bonchev–Trinajstić information content (AvgIpc) is 3.18. The lowest BCUT2D eigenvalue weighted by molar-refractivity contribution is 0.147. The number of ether oxygens (including phenoxy) is 3. The van der Waals surface area contributed by atoms with Crippen molar-refractivity contribution in [1.82, 2.24) is 15.0 Å². The molecule has 0 spiro atoms. The van der Waals surface area contributed by atoms with Crippen LogP contribution in [0.5, 0.6) is 17.2 Å². The minimum atomic E-state index is 0.151. The molecule has 4 aliphatic rings. The summed E-state index contributed by atoms with van der Waals surface area (Å²) < 4.78 is 18.2. The lowest BCUT2D eigenvalue weighted by Gasteiger charge is -2.18. The molecule has 1 fully saturated rings. The minimum Gasteiger partial charge on any atom is -0.489 e. The molecule has 0 radical (unpaired) electrons. The molecule has 2 aliphatic carbocycles. The lowest BCUT2D eigenvalue weighted by atomic mass is 10.1. The van der Waals surface area contributed by atoms with Crippen LogP contribution >= 0.6 is 0 Å². The van der Waals surface area contributed by atoms with Crippen molar-refractivity contribution in [2.24, 2.45) is 0 Å². The van der Waals surface area contributed by atoms with Gasteiger partial charge in [-0.1, -0.05) is 0 Å². The summed E-state index contributed by atoms with van der Waals surface area (Å²) in [5.74, 6) is 5.10. The quantitative estimate of drug-likeness (QED) is 0.431. The van der Waals surface area contributed by atoms with E-state index in [1.807, 2.05) is 18.2 Å². The van der Waals surface area contributed by atoms with E-state index in [0.29, 0.717) is 12.6 Å². The fraction of sp³-hybridized carbons (Fsp3) is 0.357. The molecule has 0 amide bonds. The van der Waals surface area contributed by atoms with Crippen molar-refractivity contribution in [1.29, 1.82) is 0 Å². The maximum absolute atomic E-state index is 6.40.